The van der Waals surface area contributed by atoms with Crippen molar-refractivity contribution in [2.75, 3.05) is 0 Å². The van der Waals surface area contributed by atoms with Crippen molar-refractivity contribution in [1.82, 2.24) is 4.40 Å². The van der Waals surface area contributed by atoms with Crippen molar-refractivity contribution in [3.63, 3.8) is 0 Å². The molecule has 0 aliphatic heterocycles. The van der Waals surface area contributed by atoms with Crippen molar-refractivity contribution in [3.8, 4) is 11.3 Å². The molecule has 0 atom stereocenters. The maximum absolute atomic E-state index is 2.51. The van der Waals surface area contributed by atoms with Gasteiger partial charge in [-0.25, -0.2) is 4.57 Å². The molecule has 3 aromatic carbocycles. The van der Waals surface area contributed by atoms with Crippen molar-refractivity contribution in [2.24, 2.45) is 13.0 Å². The maximum atomic E-state index is 2.51. The number of rotatable bonds is 4. The van der Waals surface area contributed by atoms with Crippen LogP contribution >= 0.6 is 0 Å². The number of fused-ring (bicyclic) bond motifs is 6. The summed E-state index contributed by atoms with van der Waals surface area (Å²) in [4.78, 5) is 0. The monoisotopic (exact) mass is 421 g/mol. The smallest absolute Gasteiger partial charge is 0.232 e. The minimum absolute atomic E-state index is 0.460. The molecular formula is C30H33N2+. The van der Waals surface area contributed by atoms with E-state index in [-0.39, 0.29) is 0 Å². The summed E-state index contributed by atoms with van der Waals surface area (Å²) >= 11 is 0. The summed E-state index contributed by atoms with van der Waals surface area (Å²) in [5.74, 6) is 1.07. The summed E-state index contributed by atoms with van der Waals surface area (Å²) in [7, 11) is 2.19. The summed E-state index contributed by atoms with van der Waals surface area (Å²) in [6.07, 6.45) is 3.43. The number of pyridine rings is 1. The van der Waals surface area contributed by atoms with Crippen LogP contribution in [0.25, 0.3) is 38.6 Å². The van der Waals surface area contributed by atoms with Crippen molar-refractivity contribution < 1.29 is 4.57 Å². The number of hydrogen-bond donors (Lipinski definition) is 0. The highest BCUT2D eigenvalue weighted by Gasteiger charge is 2.27. The molecule has 162 valence electrons. The topological polar surface area (TPSA) is 8.29 Å². The van der Waals surface area contributed by atoms with Gasteiger partial charge in [-0.2, -0.15) is 4.40 Å². The SMILES string of the molecule is Cc1cccc2c3ccccc3n3c(-c4c(CC(C)C)cccc4C(C)C)c[n+](C)c3c12. The van der Waals surface area contributed by atoms with Crippen LogP contribution in [0.4, 0.5) is 0 Å². The lowest BCUT2D eigenvalue weighted by atomic mass is 9.88. The molecule has 0 N–H and O–H groups in total. The first-order valence-electron chi connectivity index (χ1n) is 11.8. The lowest BCUT2D eigenvalue weighted by molar-refractivity contribution is -0.643. The Labute approximate surface area is 191 Å². The summed E-state index contributed by atoms with van der Waals surface area (Å²) in [5, 5.41) is 3.98. The van der Waals surface area contributed by atoms with Gasteiger partial charge in [0.15, 0.2) is 5.69 Å². The Kier molecular flexibility index (Phi) is 5.04. The molecule has 0 saturated carbocycles. The molecule has 0 spiro atoms. The first kappa shape index (κ1) is 20.8. The fourth-order valence-corrected chi connectivity index (χ4v) is 5.39. The van der Waals surface area contributed by atoms with Gasteiger partial charge < -0.3 is 0 Å². The molecule has 32 heavy (non-hydrogen) atoms. The predicted octanol–water partition coefficient (Wildman–Crippen LogP) is 7.37. The van der Waals surface area contributed by atoms with Crippen molar-refractivity contribution in [3.05, 3.63) is 83.6 Å². The average Bonchev–Trinajstić information content (AvgIpc) is 3.10. The van der Waals surface area contributed by atoms with Gasteiger partial charge in [0.2, 0.25) is 0 Å². The molecule has 2 heteroatoms. The maximum Gasteiger partial charge on any atom is 0.295 e. The molecule has 2 nitrogen and oxygen atoms in total. The molecule has 2 aromatic heterocycles. The van der Waals surface area contributed by atoms with E-state index in [1.54, 1.807) is 0 Å². The number of benzene rings is 3. The molecular weight excluding hydrogens is 388 g/mol. The van der Waals surface area contributed by atoms with Gasteiger partial charge in [-0.1, -0.05) is 82.3 Å². The third-order valence-corrected chi connectivity index (χ3v) is 6.72. The fraction of sp³-hybridized carbons (Fsp3) is 0.300. The van der Waals surface area contributed by atoms with Crippen molar-refractivity contribution in [2.45, 2.75) is 47.0 Å². The normalized spacial score (nSPS) is 12.1. The van der Waals surface area contributed by atoms with E-state index >= 15 is 0 Å². The number of hydrogen-bond acceptors (Lipinski definition) is 0. The molecule has 0 unspecified atom stereocenters. The number of aryl methyl sites for hydroxylation is 2. The second kappa shape index (κ2) is 7.78. The van der Waals surface area contributed by atoms with Crippen LogP contribution in [-0.2, 0) is 13.5 Å². The van der Waals surface area contributed by atoms with E-state index in [9.17, 15) is 0 Å². The zero-order chi connectivity index (χ0) is 22.6. The van der Waals surface area contributed by atoms with Crippen LogP contribution in [-0.4, -0.2) is 4.40 Å². The first-order valence-corrected chi connectivity index (χ1v) is 11.8. The molecule has 0 amide bonds. The van der Waals surface area contributed by atoms with Crippen LogP contribution in [0, 0.1) is 12.8 Å². The molecule has 5 rings (SSSR count). The van der Waals surface area contributed by atoms with Gasteiger partial charge in [0.1, 0.15) is 11.7 Å². The predicted molar refractivity (Wildman–Crippen MR) is 136 cm³/mol. The van der Waals surface area contributed by atoms with E-state index in [0.29, 0.717) is 11.8 Å². The van der Waals surface area contributed by atoms with Crippen LogP contribution in [0.3, 0.4) is 0 Å². The molecule has 2 heterocycles. The summed E-state index contributed by atoms with van der Waals surface area (Å²) in [5.41, 5.74) is 9.43. The number of nitrogens with zero attached hydrogens (tertiary/aromatic N) is 2. The minimum atomic E-state index is 0.460. The highest BCUT2D eigenvalue weighted by atomic mass is 15.1. The second-order valence-corrected chi connectivity index (χ2v) is 9.93. The lowest BCUT2D eigenvalue weighted by Crippen LogP contribution is -2.26. The molecule has 0 saturated heterocycles. The lowest BCUT2D eigenvalue weighted by Gasteiger charge is -2.17. The van der Waals surface area contributed by atoms with Gasteiger partial charge in [0, 0.05) is 16.3 Å². The van der Waals surface area contributed by atoms with Crippen LogP contribution in [0.1, 0.15) is 50.3 Å². The molecule has 0 bridgehead atoms. The van der Waals surface area contributed by atoms with Gasteiger partial charge in [0.25, 0.3) is 5.65 Å². The zero-order valence-corrected chi connectivity index (χ0v) is 20.1. The van der Waals surface area contributed by atoms with Gasteiger partial charge in [-0.05, 0) is 47.9 Å². The van der Waals surface area contributed by atoms with E-state index in [0.717, 1.165) is 6.42 Å². The largest absolute Gasteiger partial charge is 0.295 e. The minimum Gasteiger partial charge on any atom is -0.232 e. The Morgan fingerprint density at radius 3 is 2.31 bits per heavy atom. The molecule has 0 fully saturated rings. The number of aromatic nitrogens is 2. The Morgan fingerprint density at radius 2 is 1.56 bits per heavy atom. The molecule has 0 radical (unpaired) electrons. The van der Waals surface area contributed by atoms with E-state index in [1.807, 2.05) is 0 Å². The quantitative estimate of drug-likeness (QED) is 0.211. The van der Waals surface area contributed by atoms with Crippen LogP contribution in [0.5, 0.6) is 0 Å². The number of imidazole rings is 1. The van der Waals surface area contributed by atoms with Crippen molar-refractivity contribution in [1.29, 1.82) is 0 Å². The Bertz CT molecular complexity index is 1470. The zero-order valence-electron chi connectivity index (χ0n) is 20.1. The van der Waals surface area contributed by atoms with E-state index in [4.69, 9.17) is 0 Å². The molecule has 5 aromatic rings. The third-order valence-electron chi connectivity index (χ3n) is 6.72. The molecule has 0 aliphatic rings. The highest BCUT2D eigenvalue weighted by Crippen LogP contribution is 2.38. The first-order chi connectivity index (χ1) is 15.4. The van der Waals surface area contributed by atoms with Gasteiger partial charge >= 0.3 is 0 Å². The Hall–Kier alpha value is -3.13. The average molecular weight is 422 g/mol. The van der Waals surface area contributed by atoms with Gasteiger partial charge in [-0.3, -0.25) is 0 Å². The Morgan fingerprint density at radius 1 is 0.844 bits per heavy atom. The number of para-hydroxylation sites is 1. The van der Waals surface area contributed by atoms with Crippen LogP contribution in [0.15, 0.2) is 66.9 Å². The standard InChI is InChI=1S/C30H33N2/c1-19(2)17-22-12-10-14-23(20(3)4)29(22)27-18-31(6)30-28-21(5)11-9-15-25(28)24-13-7-8-16-26(24)32(27)30/h7-16,18-20H,17H2,1-6H3/q+1. The summed E-state index contributed by atoms with van der Waals surface area (Å²) in [6.45, 7) is 11.5. The fourth-order valence-electron chi connectivity index (χ4n) is 5.39. The van der Waals surface area contributed by atoms with Gasteiger partial charge in [-0.15, -0.1) is 0 Å². The second-order valence-electron chi connectivity index (χ2n) is 9.93. The summed E-state index contributed by atoms with van der Waals surface area (Å²) < 4.78 is 4.84. The third kappa shape index (κ3) is 3.12. The van der Waals surface area contributed by atoms with E-state index in [2.05, 4.69) is 117 Å². The van der Waals surface area contributed by atoms with Crippen molar-refractivity contribution >= 4 is 27.3 Å². The van der Waals surface area contributed by atoms with E-state index in [1.165, 1.54) is 55.3 Å². The van der Waals surface area contributed by atoms with Gasteiger partial charge in [0.05, 0.1) is 12.4 Å². The van der Waals surface area contributed by atoms with Crippen LogP contribution in [0.2, 0.25) is 0 Å². The van der Waals surface area contributed by atoms with E-state index < -0.39 is 0 Å². The van der Waals surface area contributed by atoms with Crippen LogP contribution < -0.4 is 4.57 Å². The Balaban J connectivity index is 2.02. The summed E-state index contributed by atoms with van der Waals surface area (Å²) in [6, 6.07) is 22.4. The highest BCUT2D eigenvalue weighted by molar-refractivity contribution is 6.12. The molecule has 0 aliphatic carbocycles.